The van der Waals surface area contributed by atoms with E-state index < -0.39 is 0 Å². The zero-order chi connectivity index (χ0) is 14.8. The van der Waals surface area contributed by atoms with Crippen molar-refractivity contribution in [3.63, 3.8) is 0 Å². The van der Waals surface area contributed by atoms with Crippen molar-refractivity contribution in [2.75, 3.05) is 33.2 Å². The number of carbonyl (C=O) groups excluding carboxylic acids is 2. The average Bonchev–Trinajstić information content (AvgIpc) is 3.23. The second-order valence-corrected chi connectivity index (χ2v) is 7.00. The van der Waals surface area contributed by atoms with Gasteiger partial charge in [0.1, 0.15) is 0 Å². The van der Waals surface area contributed by atoms with Crippen molar-refractivity contribution in [2.45, 2.75) is 44.6 Å². The highest BCUT2D eigenvalue weighted by Crippen LogP contribution is 2.44. The maximum atomic E-state index is 12.1. The van der Waals surface area contributed by atoms with Gasteiger partial charge in [0.05, 0.1) is 13.1 Å². The van der Waals surface area contributed by atoms with Crippen LogP contribution in [-0.2, 0) is 9.59 Å². The number of nitrogens with zero attached hydrogens (tertiary/aromatic N) is 2. The van der Waals surface area contributed by atoms with Crippen LogP contribution in [0.5, 0.6) is 0 Å². The van der Waals surface area contributed by atoms with E-state index in [9.17, 15) is 9.59 Å². The molecule has 2 unspecified atom stereocenters. The molecule has 0 radical (unpaired) electrons. The lowest BCUT2D eigenvalue weighted by Crippen LogP contribution is -2.51. The summed E-state index contributed by atoms with van der Waals surface area (Å²) in [6, 6.07) is 0.406. The van der Waals surface area contributed by atoms with Crippen LogP contribution < -0.4 is 5.32 Å². The quantitative estimate of drug-likeness (QED) is 0.836. The standard InChI is InChI=1S/C16H27N3O2/c1-18-7-8-19(11-16(18)21)10-15(20)17-14-9-13(14)12-5-3-2-4-6-12/h12-14H,2-11H2,1H3,(H,17,20). The highest BCUT2D eigenvalue weighted by molar-refractivity contribution is 5.82. The van der Waals surface area contributed by atoms with Crippen LogP contribution in [-0.4, -0.2) is 60.9 Å². The first kappa shape index (κ1) is 14.8. The van der Waals surface area contributed by atoms with Crippen LogP contribution in [0.2, 0.25) is 0 Å². The Bertz CT molecular complexity index is 406. The van der Waals surface area contributed by atoms with Gasteiger partial charge in [-0.2, -0.15) is 0 Å². The first-order chi connectivity index (χ1) is 10.1. The Morgan fingerprint density at radius 2 is 2.00 bits per heavy atom. The fourth-order valence-corrected chi connectivity index (χ4v) is 3.86. The summed E-state index contributed by atoms with van der Waals surface area (Å²) >= 11 is 0. The third-order valence-electron chi connectivity index (χ3n) is 5.34. The van der Waals surface area contributed by atoms with Crippen molar-refractivity contribution >= 4 is 11.8 Å². The molecule has 2 aliphatic carbocycles. The molecule has 1 saturated heterocycles. The fourth-order valence-electron chi connectivity index (χ4n) is 3.86. The van der Waals surface area contributed by atoms with Gasteiger partial charge >= 0.3 is 0 Å². The lowest BCUT2D eigenvalue weighted by Gasteiger charge is -2.31. The third kappa shape index (κ3) is 3.76. The summed E-state index contributed by atoms with van der Waals surface area (Å²) in [4.78, 5) is 27.4. The summed E-state index contributed by atoms with van der Waals surface area (Å²) in [5.74, 6) is 1.77. The van der Waals surface area contributed by atoms with Gasteiger partial charge in [-0.05, 0) is 18.3 Å². The second-order valence-electron chi connectivity index (χ2n) is 7.00. The summed E-state index contributed by atoms with van der Waals surface area (Å²) in [7, 11) is 1.82. The van der Waals surface area contributed by atoms with Crippen molar-refractivity contribution in [1.82, 2.24) is 15.1 Å². The van der Waals surface area contributed by atoms with E-state index in [0.29, 0.717) is 19.1 Å². The first-order valence-electron chi connectivity index (χ1n) is 8.39. The molecule has 0 bridgehead atoms. The predicted molar refractivity (Wildman–Crippen MR) is 80.7 cm³/mol. The van der Waals surface area contributed by atoms with E-state index in [1.165, 1.54) is 32.1 Å². The maximum Gasteiger partial charge on any atom is 0.236 e. The predicted octanol–water partition coefficient (Wildman–Crippen LogP) is 0.845. The van der Waals surface area contributed by atoms with Gasteiger partial charge in [0.25, 0.3) is 0 Å². The summed E-state index contributed by atoms with van der Waals surface area (Å²) in [6.45, 7) is 2.26. The van der Waals surface area contributed by atoms with Gasteiger partial charge in [0.15, 0.2) is 0 Å². The Morgan fingerprint density at radius 3 is 2.71 bits per heavy atom. The topological polar surface area (TPSA) is 52.6 Å². The van der Waals surface area contributed by atoms with E-state index in [2.05, 4.69) is 5.32 Å². The number of hydrogen-bond donors (Lipinski definition) is 1. The van der Waals surface area contributed by atoms with Crippen LogP contribution in [0.3, 0.4) is 0 Å². The van der Waals surface area contributed by atoms with E-state index in [4.69, 9.17) is 0 Å². The lowest BCUT2D eigenvalue weighted by atomic mass is 9.85. The molecule has 1 heterocycles. The molecule has 3 aliphatic rings. The van der Waals surface area contributed by atoms with Gasteiger partial charge in [-0.15, -0.1) is 0 Å². The Labute approximate surface area is 127 Å². The van der Waals surface area contributed by atoms with Gasteiger partial charge < -0.3 is 10.2 Å². The summed E-state index contributed by atoms with van der Waals surface area (Å²) < 4.78 is 0. The first-order valence-corrected chi connectivity index (χ1v) is 8.39. The molecule has 0 aromatic carbocycles. The maximum absolute atomic E-state index is 12.1. The molecule has 5 heteroatoms. The van der Waals surface area contributed by atoms with Crippen LogP contribution in [0.4, 0.5) is 0 Å². The zero-order valence-corrected chi connectivity index (χ0v) is 13.0. The van der Waals surface area contributed by atoms with Crippen molar-refractivity contribution in [1.29, 1.82) is 0 Å². The van der Waals surface area contributed by atoms with Gasteiger partial charge in [-0.1, -0.05) is 32.1 Å². The molecule has 21 heavy (non-hydrogen) atoms. The largest absolute Gasteiger partial charge is 0.352 e. The minimum atomic E-state index is 0.0932. The van der Waals surface area contributed by atoms with E-state index >= 15 is 0 Å². The summed E-state index contributed by atoms with van der Waals surface area (Å²) in [6.07, 6.45) is 7.99. The van der Waals surface area contributed by atoms with Crippen molar-refractivity contribution < 1.29 is 9.59 Å². The Hall–Kier alpha value is -1.10. The molecule has 1 N–H and O–H groups in total. The van der Waals surface area contributed by atoms with Gasteiger partial charge in [-0.25, -0.2) is 0 Å². The molecule has 0 aromatic rings. The van der Waals surface area contributed by atoms with Crippen molar-refractivity contribution in [3.8, 4) is 0 Å². The van der Waals surface area contributed by atoms with E-state index in [-0.39, 0.29) is 11.8 Å². The number of piperazine rings is 1. The molecule has 118 valence electrons. The third-order valence-corrected chi connectivity index (χ3v) is 5.34. The zero-order valence-electron chi connectivity index (χ0n) is 13.0. The Morgan fingerprint density at radius 1 is 1.24 bits per heavy atom. The number of nitrogens with one attached hydrogen (secondary N) is 1. The number of likely N-dealkylation sites (N-methyl/N-ethyl adjacent to an activating group) is 1. The van der Waals surface area contributed by atoms with Gasteiger partial charge in [0, 0.05) is 26.2 Å². The molecular weight excluding hydrogens is 266 g/mol. The molecule has 3 rings (SSSR count). The Kier molecular flexibility index (Phi) is 4.48. The molecule has 0 spiro atoms. The van der Waals surface area contributed by atoms with E-state index in [1.54, 1.807) is 4.90 Å². The van der Waals surface area contributed by atoms with Crippen molar-refractivity contribution in [2.24, 2.45) is 11.8 Å². The molecule has 2 atom stereocenters. The van der Waals surface area contributed by atoms with E-state index in [0.717, 1.165) is 31.3 Å². The number of carbonyl (C=O) groups is 2. The molecular formula is C16H27N3O2. The Balaban J connectivity index is 1.38. The highest BCUT2D eigenvalue weighted by atomic mass is 16.2. The van der Waals surface area contributed by atoms with Crippen LogP contribution >= 0.6 is 0 Å². The molecule has 3 fully saturated rings. The number of hydrogen-bond acceptors (Lipinski definition) is 3. The number of amides is 2. The van der Waals surface area contributed by atoms with Crippen LogP contribution in [0.15, 0.2) is 0 Å². The summed E-state index contributed by atoms with van der Waals surface area (Å²) in [5.41, 5.74) is 0. The van der Waals surface area contributed by atoms with E-state index in [1.807, 2.05) is 11.9 Å². The summed E-state index contributed by atoms with van der Waals surface area (Å²) in [5, 5.41) is 3.17. The molecule has 2 saturated carbocycles. The SMILES string of the molecule is CN1CCN(CC(=O)NC2CC2C2CCCCC2)CC1=O. The van der Waals surface area contributed by atoms with Crippen molar-refractivity contribution in [3.05, 3.63) is 0 Å². The highest BCUT2D eigenvalue weighted by Gasteiger charge is 2.43. The molecule has 1 aliphatic heterocycles. The van der Waals surface area contributed by atoms with Gasteiger partial charge in [0.2, 0.25) is 11.8 Å². The average molecular weight is 293 g/mol. The fraction of sp³-hybridized carbons (Fsp3) is 0.875. The minimum absolute atomic E-state index is 0.0932. The monoisotopic (exact) mass is 293 g/mol. The normalized spacial score (nSPS) is 31.3. The molecule has 0 aromatic heterocycles. The van der Waals surface area contributed by atoms with Crippen LogP contribution in [0, 0.1) is 11.8 Å². The molecule has 2 amide bonds. The van der Waals surface area contributed by atoms with Gasteiger partial charge in [-0.3, -0.25) is 14.5 Å². The smallest absolute Gasteiger partial charge is 0.236 e. The minimum Gasteiger partial charge on any atom is -0.352 e. The van der Waals surface area contributed by atoms with Crippen LogP contribution in [0.25, 0.3) is 0 Å². The van der Waals surface area contributed by atoms with Crippen LogP contribution in [0.1, 0.15) is 38.5 Å². The molecule has 5 nitrogen and oxygen atoms in total. The second kappa shape index (κ2) is 6.34. The number of rotatable bonds is 4. The lowest BCUT2D eigenvalue weighted by molar-refractivity contribution is -0.135.